The number of hydrogen-bond acceptors (Lipinski definition) is 4. The molecule has 0 saturated heterocycles. The van der Waals surface area contributed by atoms with Gasteiger partial charge in [-0.2, -0.15) is 0 Å². The minimum Gasteiger partial charge on any atom is -0.438 e. The number of ether oxygens (including phenoxy) is 1. The van der Waals surface area contributed by atoms with Crippen LogP contribution in [0.1, 0.15) is 50.7 Å². The molecule has 1 heterocycles. The Morgan fingerprint density at radius 1 is 1.19 bits per heavy atom. The normalized spacial score (nSPS) is 12.1. The molecule has 1 aromatic carbocycles. The van der Waals surface area contributed by atoms with Gasteiger partial charge in [0, 0.05) is 0 Å². The average molecular weight is 285 g/mol. The number of anilines is 1. The van der Waals surface area contributed by atoms with Crippen LogP contribution in [0.25, 0.3) is 0 Å². The highest BCUT2D eigenvalue weighted by Crippen LogP contribution is 2.33. The molecule has 1 unspecified atom stereocenters. The lowest BCUT2D eigenvalue weighted by atomic mass is 9.98. The van der Waals surface area contributed by atoms with Crippen LogP contribution < -0.4 is 10.5 Å². The summed E-state index contributed by atoms with van der Waals surface area (Å²) in [6, 6.07) is 8.10. The van der Waals surface area contributed by atoms with Crippen LogP contribution in [0.3, 0.4) is 0 Å². The van der Waals surface area contributed by atoms with Crippen molar-refractivity contribution in [1.29, 1.82) is 0 Å². The lowest BCUT2D eigenvalue weighted by molar-refractivity contribution is 0.444. The highest BCUT2D eigenvalue weighted by molar-refractivity contribution is 5.47. The summed E-state index contributed by atoms with van der Waals surface area (Å²) in [5.41, 5.74) is 8.04. The van der Waals surface area contributed by atoms with Crippen molar-refractivity contribution < 1.29 is 4.74 Å². The maximum Gasteiger partial charge on any atom is 0.227 e. The smallest absolute Gasteiger partial charge is 0.227 e. The SMILES string of the molecule is CCCc1c(N)ncnc1Oc1ccccc1C(C)CC. The van der Waals surface area contributed by atoms with Gasteiger partial charge in [-0.25, -0.2) is 9.97 Å². The second-order valence-electron chi connectivity index (χ2n) is 5.24. The molecule has 0 saturated carbocycles. The molecule has 1 aromatic heterocycles. The van der Waals surface area contributed by atoms with Crippen LogP contribution in [0.15, 0.2) is 30.6 Å². The predicted molar refractivity (Wildman–Crippen MR) is 85.7 cm³/mol. The topological polar surface area (TPSA) is 61.0 Å². The first-order chi connectivity index (χ1) is 10.2. The third-order valence-corrected chi connectivity index (χ3v) is 3.71. The van der Waals surface area contributed by atoms with E-state index in [2.05, 4.69) is 36.8 Å². The summed E-state index contributed by atoms with van der Waals surface area (Å²) in [5, 5.41) is 0. The third-order valence-electron chi connectivity index (χ3n) is 3.71. The zero-order valence-corrected chi connectivity index (χ0v) is 13.0. The highest BCUT2D eigenvalue weighted by Gasteiger charge is 2.14. The van der Waals surface area contributed by atoms with Gasteiger partial charge >= 0.3 is 0 Å². The van der Waals surface area contributed by atoms with Gasteiger partial charge < -0.3 is 10.5 Å². The fraction of sp³-hybridized carbons (Fsp3) is 0.412. The van der Waals surface area contributed by atoms with E-state index in [0.29, 0.717) is 17.6 Å². The monoisotopic (exact) mass is 285 g/mol. The van der Waals surface area contributed by atoms with E-state index in [-0.39, 0.29) is 0 Å². The third kappa shape index (κ3) is 3.51. The molecule has 2 N–H and O–H groups in total. The fourth-order valence-corrected chi connectivity index (χ4v) is 2.29. The van der Waals surface area contributed by atoms with Crippen LogP contribution in [0, 0.1) is 0 Å². The van der Waals surface area contributed by atoms with Crippen LogP contribution in [-0.2, 0) is 6.42 Å². The Labute approximate surface area is 126 Å². The minimum atomic E-state index is 0.440. The van der Waals surface area contributed by atoms with Gasteiger partial charge in [0.2, 0.25) is 5.88 Å². The van der Waals surface area contributed by atoms with Gasteiger partial charge in [-0.3, -0.25) is 0 Å². The van der Waals surface area contributed by atoms with Crippen molar-refractivity contribution in [1.82, 2.24) is 9.97 Å². The number of nitrogens with two attached hydrogens (primary N) is 1. The molecule has 0 bridgehead atoms. The first kappa shape index (κ1) is 15.3. The summed E-state index contributed by atoms with van der Waals surface area (Å²) < 4.78 is 6.07. The number of para-hydroxylation sites is 1. The molecule has 2 rings (SSSR count). The molecule has 21 heavy (non-hydrogen) atoms. The van der Waals surface area contributed by atoms with Crippen molar-refractivity contribution in [3.05, 3.63) is 41.7 Å². The van der Waals surface area contributed by atoms with Crippen molar-refractivity contribution in [3.63, 3.8) is 0 Å². The zero-order chi connectivity index (χ0) is 15.2. The molecule has 2 aromatic rings. The number of aromatic nitrogens is 2. The Balaban J connectivity index is 2.37. The Morgan fingerprint density at radius 2 is 1.95 bits per heavy atom. The van der Waals surface area contributed by atoms with Crippen molar-refractivity contribution in [2.45, 2.75) is 46.0 Å². The van der Waals surface area contributed by atoms with Crippen LogP contribution in [0.2, 0.25) is 0 Å². The van der Waals surface area contributed by atoms with E-state index in [0.717, 1.165) is 30.6 Å². The van der Waals surface area contributed by atoms with Crippen molar-refractivity contribution in [2.24, 2.45) is 0 Å². The average Bonchev–Trinajstić information content (AvgIpc) is 2.50. The molecular weight excluding hydrogens is 262 g/mol. The zero-order valence-electron chi connectivity index (χ0n) is 13.0. The first-order valence-electron chi connectivity index (χ1n) is 7.53. The molecule has 0 radical (unpaired) electrons. The Bertz CT molecular complexity index is 598. The van der Waals surface area contributed by atoms with Crippen molar-refractivity contribution in [2.75, 3.05) is 5.73 Å². The van der Waals surface area contributed by atoms with E-state index in [1.54, 1.807) is 0 Å². The number of hydrogen-bond donors (Lipinski definition) is 1. The van der Waals surface area contributed by atoms with Crippen LogP contribution in [-0.4, -0.2) is 9.97 Å². The molecule has 4 heteroatoms. The molecule has 112 valence electrons. The molecule has 0 fully saturated rings. The van der Waals surface area contributed by atoms with Crippen LogP contribution in [0.5, 0.6) is 11.6 Å². The van der Waals surface area contributed by atoms with Gasteiger partial charge in [0.15, 0.2) is 0 Å². The van der Waals surface area contributed by atoms with Gasteiger partial charge in [0.05, 0.1) is 5.56 Å². The summed E-state index contributed by atoms with van der Waals surface area (Å²) >= 11 is 0. The summed E-state index contributed by atoms with van der Waals surface area (Å²) in [5.74, 6) is 2.36. The molecule has 0 spiro atoms. The van der Waals surface area contributed by atoms with Gasteiger partial charge in [-0.15, -0.1) is 0 Å². The summed E-state index contributed by atoms with van der Waals surface area (Å²) in [6.45, 7) is 6.47. The molecule has 1 atom stereocenters. The molecule has 4 nitrogen and oxygen atoms in total. The molecule has 0 amide bonds. The van der Waals surface area contributed by atoms with Gasteiger partial charge in [-0.05, 0) is 30.4 Å². The first-order valence-corrected chi connectivity index (χ1v) is 7.53. The summed E-state index contributed by atoms with van der Waals surface area (Å²) in [6.07, 6.45) is 4.30. The fourth-order valence-electron chi connectivity index (χ4n) is 2.29. The maximum atomic E-state index is 6.07. The largest absolute Gasteiger partial charge is 0.438 e. The van der Waals surface area contributed by atoms with Crippen LogP contribution >= 0.6 is 0 Å². The highest BCUT2D eigenvalue weighted by atomic mass is 16.5. The number of nitrogens with zero attached hydrogens (tertiary/aromatic N) is 2. The predicted octanol–water partition coefficient (Wildman–Crippen LogP) is 4.32. The van der Waals surface area contributed by atoms with E-state index >= 15 is 0 Å². The van der Waals surface area contributed by atoms with Gasteiger partial charge in [0.1, 0.15) is 17.9 Å². The second kappa shape index (κ2) is 7.07. The molecule has 0 aliphatic carbocycles. The molecule has 0 aliphatic rings. The van der Waals surface area contributed by atoms with E-state index < -0.39 is 0 Å². The van der Waals surface area contributed by atoms with E-state index in [9.17, 15) is 0 Å². The lowest BCUT2D eigenvalue weighted by Crippen LogP contribution is -2.04. The van der Waals surface area contributed by atoms with E-state index in [1.807, 2.05) is 18.2 Å². The second-order valence-corrected chi connectivity index (χ2v) is 5.24. The van der Waals surface area contributed by atoms with E-state index in [1.165, 1.54) is 11.9 Å². The minimum absolute atomic E-state index is 0.440. The summed E-state index contributed by atoms with van der Waals surface area (Å²) in [4.78, 5) is 8.33. The number of rotatable bonds is 6. The number of benzene rings is 1. The van der Waals surface area contributed by atoms with Gasteiger partial charge in [-0.1, -0.05) is 45.4 Å². The quantitative estimate of drug-likeness (QED) is 0.858. The van der Waals surface area contributed by atoms with E-state index in [4.69, 9.17) is 10.5 Å². The Kier molecular flexibility index (Phi) is 5.14. The number of nitrogen functional groups attached to an aromatic ring is 1. The lowest BCUT2D eigenvalue weighted by Gasteiger charge is -2.16. The Hall–Kier alpha value is -2.10. The maximum absolute atomic E-state index is 6.07. The summed E-state index contributed by atoms with van der Waals surface area (Å²) in [7, 11) is 0. The van der Waals surface area contributed by atoms with Crippen molar-refractivity contribution in [3.8, 4) is 11.6 Å². The Morgan fingerprint density at radius 3 is 2.67 bits per heavy atom. The molecule has 0 aliphatic heterocycles. The standard InChI is InChI=1S/C17H23N3O/c1-4-8-14-16(18)19-11-20-17(14)21-15-10-7-6-9-13(15)12(3)5-2/h6-7,9-12H,4-5,8H2,1-3H3,(H2,18,19,20). The van der Waals surface area contributed by atoms with Crippen LogP contribution in [0.4, 0.5) is 5.82 Å². The van der Waals surface area contributed by atoms with Gasteiger partial charge in [0.25, 0.3) is 0 Å². The van der Waals surface area contributed by atoms with Crippen molar-refractivity contribution >= 4 is 5.82 Å². The molecular formula is C17H23N3O.